The number of hydrogen-bond acceptors (Lipinski definition) is 7. The molecule has 1 fully saturated rings. The van der Waals surface area contributed by atoms with Gasteiger partial charge in [0.15, 0.2) is 0 Å². The Labute approximate surface area is 163 Å². The van der Waals surface area contributed by atoms with Crippen LogP contribution >= 0.6 is 0 Å². The highest BCUT2D eigenvalue weighted by Crippen LogP contribution is 2.25. The highest BCUT2D eigenvalue weighted by Gasteiger charge is 2.23. The van der Waals surface area contributed by atoms with Gasteiger partial charge in [0.1, 0.15) is 0 Å². The number of carbonyl (C=O) groups is 2. The number of carboxylic acid groups (broad SMARTS) is 1. The van der Waals surface area contributed by atoms with Crippen LogP contribution in [0, 0.1) is 12.8 Å². The van der Waals surface area contributed by atoms with Crippen LogP contribution < -0.4 is 5.32 Å². The molecule has 0 spiro atoms. The Bertz CT molecular complexity index is 758. The maximum atomic E-state index is 11.5. The van der Waals surface area contributed by atoms with Gasteiger partial charge in [-0.15, -0.1) is 10.2 Å². The predicted molar refractivity (Wildman–Crippen MR) is 100 cm³/mol. The summed E-state index contributed by atoms with van der Waals surface area (Å²) in [6.45, 7) is 2.33. The van der Waals surface area contributed by atoms with Crippen molar-refractivity contribution in [2.75, 3.05) is 6.61 Å². The number of aryl methyl sites for hydroxylation is 1. The first-order valence-corrected chi connectivity index (χ1v) is 9.24. The second kappa shape index (κ2) is 11.1. The minimum Gasteiger partial charge on any atom is -0.483 e. The van der Waals surface area contributed by atoms with E-state index >= 15 is 0 Å². The van der Waals surface area contributed by atoms with Crippen LogP contribution in [0.5, 0.6) is 0 Å². The molecule has 2 heterocycles. The lowest BCUT2D eigenvalue weighted by atomic mass is 9.86. The van der Waals surface area contributed by atoms with Gasteiger partial charge in [-0.25, -0.2) is 0 Å². The lowest BCUT2D eigenvalue weighted by Gasteiger charge is -2.28. The Hall–Kier alpha value is -2.88. The Balaban J connectivity index is 0.000000878. The molecular formula is C18H26N6O4. The van der Waals surface area contributed by atoms with Crippen LogP contribution in [0.25, 0.3) is 11.4 Å². The van der Waals surface area contributed by atoms with E-state index in [9.17, 15) is 4.79 Å². The van der Waals surface area contributed by atoms with Gasteiger partial charge in [-0.2, -0.15) is 4.80 Å². The van der Waals surface area contributed by atoms with E-state index in [1.165, 1.54) is 0 Å². The van der Waals surface area contributed by atoms with Gasteiger partial charge in [0, 0.05) is 29.9 Å². The number of amides is 1. The highest BCUT2D eigenvalue weighted by molar-refractivity contribution is 5.76. The lowest BCUT2D eigenvalue weighted by Crippen LogP contribution is -2.38. The van der Waals surface area contributed by atoms with E-state index in [1.807, 2.05) is 19.1 Å². The Kier molecular flexibility index (Phi) is 8.47. The molecule has 0 aliphatic heterocycles. The maximum absolute atomic E-state index is 11.5. The summed E-state index contributed by atoms with van der Waals surface area (Å²) in [7, 11) is 0. The van der Waals surface area contributed by atoms with Gasteiger partial charge in [-0.05, 0) is 55.9 Å². The molecule has 0 unspecified atom stereocenters. The van der Waals surface area contributed by atoms with Crippen molar-refractivity contribution in [3.63, 3.8) is 0 Å². The summed E-state index contributed by atoms with van der Waals surface area (Å²) in [5, 5.41) is 31.4. The number of rotatable bonds is 6. The van der Waals surface area contributed by atoms with E-state index in [0.717, 1.165) is 43.5 Å². The maximum Gasteiger partial charge on any atom is 0.290 e. The van der Waals surface area contributed by atoms with Gasteiger partial charge in [0.05, 0.1) is 13.2 Å². The fraction of sp³-hybridized carbons (Fsp3) is 0.556. The predicted octanol–water partition coefficient (Wildman–Crippen LogP) is 0.802. The summed E-state index contributed by atoms with van der Waals surface area (Å²) in [5.74, 6) is 1.05. The third-order valence-electron chi connectivity index (χ3n) is 4.58. The van der Waals surface area contributed by atoms with Gasteiger partial charge >= 0.3 is 0 Å². The third-order valence-corrected chi connectivity index (χ3v) is 4.58. The minimum absolute atomic E-state index is 0.0684. The zero-order valence-electron chi connectivity index (χ0n) is 15.9. The zero-order chi connectivity index (χ0) is 20.4. The van der Waals surface area contributed by atoms with Crippen LogP contribution in [0.1, 0.15) is 37.8 Å². The van der Waals surface area contributed by atoms with Crippen LogP contribution in [0.4, 0.5) is 0 Å². The van der Waals surface area contributed by atoms with Crippen molar-refractivity contribution >= 4 is 12.4 Å². The van der Waals surface area contributed by atoms with Crippen LogP contribution in [0.2, 0.25) is 0 Å². The SMILES string of the molecule is Cc1cc(-c2nnn(CC3CCC(NC(=O)CCO)CC3)n2)ccn1.O=CO. The van der Waals surface area contributed by atoms with Crippen LogP contribution in [-0.4, -0.2) is 60.4 Å². The average molecular weight is 390 g/mol. The minimum atomic E-state index is -0.250. The lowest BCUT2D eigenvalue weighted by molar-refractivity contribution is -0.123. The quantitative estimate of drug-likeness (QED) is 0.615. The average Bonchev–Trinajstić information content (AvgIpc) is 3.13. The van der Waals surface area contributed by atoms with Gasteiger partial charge < -0.3 is 15.5 Å². The first kappa shape index (κ1) is 21.4. The molecule has 2 aromatic heterocycles. The number of tetrazole rings is 1. The molecule has 0 atom stereocenters. The van der Waals surface area contributed by atoms with Crippen molar-refractivity contribution in [1.82, 2.24) is 30.5 Å². The molecule has 2 aromatic rings. The molecule has 0 aromatic carbocycles. The molecule has 0 bridgehead atoms. The fourth-order valence-corrected chi connectivity index (χ4v) is 3.24. The Morgan fingerprint density at radius 2 is 2.07 bits per heavy atom. The molecule has 10 nitrogen and oxygen atoms in total. The number of hydrogen-bond donors (Lipinski definition) is 3. The molecule has 28 heavy (non-hydrogen) atoms. The second-order valence-corrected chi connectivity index (χ2v) is 6.72. The summed E-state index contributed by atoms with van der Waals surface area (Å²) in [4.78, 5) is 25.7. The summed E-state index contributed by atoms with van der Waals surface area (Å²) in [6.07, 6.45) is 5.88. The molecule has 1 aliphatic rings. The van der Waals surface area contributed by atoms with Crippen molar-refractivity contribution < 1.29 is 19.8 Å². The highest BCUT2D eigenvalue weighted by atomic mass is 16.3. The third kappa shape index (κ3) is 6.69. The van der Waals surface area contributed by atoms with Gasteiger partial charge in [-0.1, -0.05) is 0 Å². The topological polar surface area (TPSA) is 143 Å². The summed E-state index contributed by atoms with van der Waals surface area (Å²) >= 11 is 0. The standard InChI is InChI=1S/C17H24N6O2.CH2O2/c1-12-10-14(6-8-18-12)17-20-22-23(21-17)11-13-2-4-15(5-3-13)19-16(25)7-9-24;2-1-3/h6,8,10,13,15,24H,2-5,7,9,11H2,1H3,(H,19,25);1H,(H,2,3). The molecule has 3 N–H and O–H groups in total. The first-order chi connectivity index (χ1) is 13.5. The summed E-state index contributed by atoms with van der Waals surface area (Å²) < 4.78 is 0. The number of nitrogens with zero attached hydrogens (tertiary/aromatic N) is 5. The van der Waals surface area contributed by atoms with E-state index < -0.39 is 0 Å². The molecule has 3 rings (SSSR count). The normalized spacial score (nSPS) is 18.6. The number of aliphatic hydroxyl groups is 1. The largest absolute Gasteiger partial charge is 0.483 e. The van der Waals surface area contributed by atoms with Crippen molar-refractivity contribution in [3.8, 4) is 11.4 Å². The molecule has 1 amide bonds. The second-order valence-electron chi connectivity index (χ2n) is 6.72. The molecule has 0 radical (unpaired) electrons. The Morgan fingerprint density at radius 3 is 2.71 bits per heavy atom. The smallest absolute Gasteiger partial charge is 0.290 e. The molecule has 1 aliphatic carbocycles. The monoisotopic (exact) mass is 390 g/mol. The van der Waals surface area contributed by atoms with Gasteiger partial charge in [0.2, 0.25) is 11.7 Å². The molecule has 152 valence electrons. The van der Waals surface area contributed by atoms with E-state index in [0.29, 0.717) is 11.7 Å². The van der Waals surface area contributed by atoms with Crippen LogP contribution in [0.15, 0.2) is 18.3 Å². The summed E-state index contributed by atoms with van der Waals surface area (Å²) in [6, 6.07) is 4.05. The van der Waals surface area contributed by atoms with E-state index in [4.69, 9.17) is 15.0 Å². The zero-order valence-corrected chi connectivity index (χ0v) is 15.9. The molecular weight excluding hydrogens is 364 g/mol. The Morgan fingerprint density at radius 1 is 1.36 bits per heavy atom. The van der Waals surface area contributed by atoms with Crippen molar-refractivity contribution in [2.45, 2.75) is 51.6 Å². The number of carbonyl (C=O) groups excluding carboxylic acids is 1. The van der Waals surface area contributed by atoms with Crippen LogP contribution in [-0.2, 0) is 16.1 Å². The van der Waals surface area contributed by atoms with Gasteiger partial charge in [-0.3, -0.25) is 14.6 Å². The first-order valence-electron chi connectivity index (χ1n) is 9.24. The molecule has 0 saturated heterocycles. The number of pyridine rings is 1. The summed E-state index contributed by atoms with van der Waals surface area (Å²) in [5.41, 5.74) is 1.85. The fourth-order valence-electron chi connectivity index (χ4n) is 3.24. The molecule has 1 saturated carbocycles. The van der Waals surface area contributed by atoms with E-state index in [1.54, 1.807) is 11.0 Å². The van der Waals surface area contributed by atoms with Crippen molar-refractivity contribution in [3.05, 3.63) is 24.0 Å². The van der Waals surface area contributed by atoms with Crippen LogP contribution in [0.3, 0.4) is 0 Å². The number of aromatic nitrogens is 5. The van der Waals surface area contributed by atoms with Crippen molar-refractivity contribution in [1.29, 1.82) is 0 Å². The molecule has 10 heteroatoms. The number of nitrogens with one attached hydrogen (secondary N) is 1. The van der Waals surface area contributed by atoms with E-state index in [-0.39, 0.29) is 31.4 Å². The van der Waals surface area contributed by atoms with Crippen molar-refractivity contribution in [2.24, 2.45) is 5.92 Å². The number of aliphatic hydroxyl groups excluding tert-OH is 1. The van der Waals surface area contributed by atoms with E-state index in [2.05, 4.69) is 25.7 Å². The van der Waals surface area contributed by atoms with Gasteiger partial charge in [0.25, 0.3) is 6.47 Å².